The van der Waals surface area contributed by atoms with E-state index in [0.29, 0.717) is 6.42 Å². The maximum Gasteiger partial charge on any atom is 0.237 e. The number of carbonyl (C=O) groups excluding carboxylic acids is 2. The van der Waals surface area contributed by atoms with Crippen molar-refractivity contribution in [1.29, 1.82) is 0 Å². The zero-order valence-corrected chi connectivity index (χ0v) is 8.66. The van der Waals surface area contributed by atoms with E-state index in [1.54, 1.807) is 4.90 Å². The van der Waals surface area contributed by atoms with E-state index in [0.717, 1.165) is 25.7 Å². The molecule has 1 rings (SSSR count). The highest BCUT2D eigenvalue weighted by atomic mass is 16.2. The fraction of sp³-hybridized carbons (Fsp3) is 0.800. The topological polar surface area (TPSA) is 63.4 Å². The molecule has 2 N–H and O–H groups in total. The molecule has 1 heterocycles. The highest BCUT2D eigenvalue weighted by molar-refractivity contribution is 5.85. The van der Waals surface area contributed by atoms with Crippen molar-refractivity contribution in [2.75, 3.05) is 6.54 Å². The summed E-state index contributed by atoms with van der Waals surface area (Å²) >= 11 is 0. The molecule has 0 bridgehead atoms. The van der Waals surface area contributed by atoms with Gasteiger partial charge in [-0.05, 0) is 12.8 Å². The molecule has 1 saturated heterocycles. The van der Waals surface area contributed by atoms with Gasteiger partial charge in [0.15, 0.2) is 0 Å². The van der Waals surface area contributed by atoms with Crippen LogP contribution in [0, 0.1) is 0 Å². The summed E-state index contributed by atoms with van der Waals surface area (Å²) < 4.78 is 0. The monoisotopic (exact) mass is 198 g/mol. The molecule has 1 atom stereocenters. The third kappa shape index (κ3) is 2.72. The number of amides is 2. The van der Waals surface area contributed by atoms with Crippen molar-refractivity contribution in [3.05, 3.63) is 0 Å². The van der Waals surface area contributed by atoms with Gasteiger partial charge < -0.3 is 10.6 Å². The van der Waals surface area contributed by atoms with Gasteiger partial charge in [0.25, 0.3) is 0 Å². The van der Waals surface area contributed by atoms with Crippen LogP contribution in [0.2, 0.25) is 0 Å². The summed E-state index contributed by atoms with van der Waals surface area (Å²) in [4.78, 5) is 23.8. The highest BCUT2D eigenvalue weighted by Gasteiger charge is 2.30. The van der Waals surface area contributed by atoms with Crippen molar-refractivity contribution in [1.82, 2.24) is 4.90 Å². The van der Waals surface area contributed by atoms with Gasteiger partial charge in [-0.2, -0.15) is 0 Å². The number of primary amides is 1. The van der Waals surface area contributed by atoms with Crippen LogP contribution in [0.3, 0.4) is 0 Å². The van der Waals surface area contributed by atoms with Crippen molar-refractivity contribution < 1.29 is 9.59 Å². The minimum absolute atomic E-state index is 0.0740. The van der Waals surface area contributed by atoms with Crippen molar-refractivity contribution in [3.63, 3.8) is 0 Å². The molecule has 2 amide bonds. The lowest BCUT2D eigenvalue weighted by molar-refractivity contribution is -0.133. The lowest BCUT2D eigenvalue weighted by Crippen LogP contribution is -2.39. The molecule has 0 saturated carbocycles. The largest absolute Gasteiger partial charge is 0.368 e. The van der Waals surface area contributed by atoms with E-state index in [1.807, 2.05) is 0 Å². The van der Waals surface area contributed by atoms with E-state index in [9.17, 15) is 9.59 Å². The number of rotatable bonds is 5. The van der Waals surface area contributed by atoms with E-state index < -0.39 is 5.91 Å². The summed E-state index contributed by atoms with van der Waals surface area (Å²) in [5.74, 6) is -0.341. The number of nitrogens with zero attached hydrogens (tertiary/aromatic N) is 1. The SMILES string of the molecule is CCCCC1CCC(=O)N1CC(N)=O. The molecule has 1 aliphatic rings. The Hall–Kier alpha value is -1.06. The average molecular weight is 198 g/mol. The quantitative estimate of drug-likeness (QED) is 0.705. The molecule has 1 unspecified atom stereocenters. The van der Waals surface area contributed by atoms with Gasteiger partial charge in [0.05, 0.1) is 6.54 Å². The Morgan fingerprint density at radius 1 is 1.64 bits per heavy atom. The van der Waals surface area contributed by atoms with Crippen molar-refractivity contribution >= 4 is 11.8 Å². The summed E-state index contributed by atoms with van der Waals surface area (Å²) in [5, 5.41) is 0. The lowest BCUT2D eigenvalue weighted by Gasteiger charge is -2.23. The molecule has 0 aromatic rings. The number of unbranched alkanes of at least 4 members (excludes halogenated alkanes) is 1. The molecule has 14 heavy (non-hydrogen) atoms. The molecule has 80 valence electrons. The molecular formula is C10H18N2O2. The van der Waals surface area contributed by atoms with E-state index in [4.69, 9.17) is 5.73 Å². The molecule has 0 aliphatic carbocycles. The Morgan fingerprint density at radius 2 is 2.36 bits per heavy atom. The van der Waals surface area contributed by atoms with Crippen LogP contribution >= 0.6 is 0 Å². The van der Waals surface area contributed by atoms with Gasteiger partial charge in [-0.15, -0.1) is 0 Å². The number of hydrogen-bond donors (Lipinski definition) is 1. The molecule has 0 aromatic carbocycles. The van der Waals surface area contributed by atoms with E-state index in [2.05, 4.69) is 6.92 Å². The number of hydrogen-bond acceptors (Lipinski definition) is 2. The predicted octanol–water partition coefficient (Wildman–Crippen LogP) is 0.653. The summed E-state index contributed by atoms with van der Waals surface area (Å²) in [5.41, 5.74) is 5.09. The van der Waals surface area contributed by atoms with Crippen LogP contribution in [0.15, 0.2) is 0 Å². The zero-order chi connectivity index (χ0) is 10.6. The fourth-order valence-corrected chi connectivity index (χ4v) is 1.92. The molecule has 0 radical (unpaired) electrons. The molecule has 0 spiro atoms. The molecule has 1 fully saturated rings. The van der Waals surface area contributed by atoms with Crippen LogP contribution in [0.5, 0.6) is 0 Å². The second-order valence-electron chi connectivity index (χ2n) is 3.82. The fourth-order valence-electron chi connectivity index (χ4n) is 1.92. The first-order valence-corrected chi connectivity index (χ1v) is 5.23. The summed E-state index contributed by atoms with van der Waals surface area (Å²) in [6, 6.07) is 0.245. The van der Waals surface area contributed by atoms with Gasteiger partial charge >= 0.3 is 0 Å². The minimum atomic E-state index is -0.415. The Morgan fingerprint density at radius 3 is 2.93 bits per heavy atom. The normalized spacial score (nSPS) is 21.6. The lowest BCUT2D eigenvalue weighted by atomic mass is 10.1. The van der Waals surface area contributed by atoms with Crippen molar-refractivity contribution in [2.24, 2.45) is 5.73 Å². The summed E-state index contributed by atoms with van der Waals surface area (Å²) in [6.07, 6.45) is 4.67. The zero-order valence-electron chi connectivity index (χ0n) is 8.66. The molecule has 4 heteroatoms. The second-order valence-corrected chi connectivity index (χ2v) is 3.82. The van der Waals surface area contributed by atoms with Crippen molar-refractivity contribution in [2.45, 2.75) is 45.1 Å². The summed E-state index contributed by atoms with van der Waals surface area (Å²) in [7, 11) is 0. The first-order valence-electron chi connectivity index (χ1n) is 5.23. The second kappa shape index (κ2) is 4.98. The summed E-state index contributed by atoms with van der Waals surface area (Å²) in [6.45, 7) is 2.21. The Balaban J connectivity index is 2.48. The third-order valence-corrected chi connectivity index (χ3v) is 2.67. The Labute approximate surface area is 84.4 Å². The predicted molar refractivity (Wildman–Crippen MR) is 53.5 cm³/mol. The minimum Gasteiger partial charge on any atom is -0.368 e. The van der Waals surface area contributed by atoms with Gasteiger partial charge in [-0.25, -0.2) is 0 Å². The van der Waals surface area contributed by atoms with E-state index in [-0.39, 0.29) is 18.5 Å². The Bertz CT molecular complexity index is 228. The molecular weight excluding hydrogens is 180 g/mol. The highest BCUT2D eigenvalue weighted by Crippen LogP contribution is 2.22. The molecule has 0 aromatic heterocycles. The number of carbonyl (C=O) groups is 2. The Kier molecular flexibility index (Phi) is 3.92. The van der Waals surface area contributed by atoms with Crippen LogP contribution in [-0.2, 0) is 9.59 Å². The van der Waals surface area contributed by atoms with Crippen LogP contribution in [0.4, 0.5) is 0 Å². The van der Waals surface area contributed by atoms with Crippen LogP contribution in [0.1, 0.15) is 39.0 Å². The first kappa shape index (κ1) is 11.0. The van der Waals surface area contributed by atoms with Gasteiger partial charge in [0, 0.05) is 12.5 Å². The van der Waals surface area contributed by atoms with Gasteiger partial charge in [0.1, 0.15) is 0 Å². The van der Waals surface area contributed by atoms with Crippen LogP contribution in [0.25, 0.3) is 0 Å². The number of likely N-dealkylation sites (tertiary alicyclic amines) is 1. The third-order valence-electron chi connectivity index (χ3n) is 2.67. The van der Waals surface area contributed by atoms with Crippen LogP contribution < -0.4 is 5.73 Å². The van der Waals surface area contributed by atoms with Crippen LogP contribution in [-0.4, -0.2) is 29.3 Å². The smallest absolute Gasteiger partial charge is 0.237 e. The molecule has 4 nitrogen and oxygen atoms in total. The maximum atomic E-state index is 11.4. The van der Waals surface area contributed by atoms with Gasteiger partial charge in [-0.3, -0.25) is 9.59 Å². The van der Waals surface area contributed by atoms with Gasteiger partial charge in [-0.1, -0.05) is 19.8 Å². The average Bonchev–Trinajstić information content (AvgIpc) is 2.45. The van der Waals surface area contributed by atoms with Crippen molar-refractivity contribution in [3.8, 4) is 0 Å². The maximum absolute atomic E-state index is 11.4. The number of nitrogens with two attached hydrogens (primary N) is 1. The van der Waals surface area contributed by atoms with E-state index in [1.165, 1.54) is 0 Å². The standard InChI is InChI=1S/C10H18N2O2/c1-2-3-4-8-5-6-10(14)12(8)7-9(11)13/h8H,2-7H2,1H3,(H2,11,13). The first-order chi connectivity index (χ1) is 6.65. The molecule has 1 aliphatic heterocycles. The van der Waals surface area contributed by atoms with Gasteiger partial charge in [0.2, 0.25) is 11.8 Å². The van der Waals surface area contributed by atoms with E-state index >= 15 is 0 Å².